The second kappa shape index (κ2) is 8.52. The summed E-state index contributed by atoms with van der Waals surface area (Å²) >= 11 is 0. The molecule has 0 radical (unpaired) electrons. The van der Waals surface area contributed by atoms with E-state index in [0.717, 1.165) is 25.1 Å². The molecule has 0 amide bonds. The minimum absolute atomic E-state index is 0.219. The lowest BCUT2D eigenvalue weighted by molar-refractivity contribution is 0.0717. The first-order chi connectivity index (χ1) is 12.6. The van der Waals surface area contributed by atoms with Crippen LogP contribution in [0.1, 0.15) is 17.5 Å². The molecule has 134 valence electrons. The Morgan fingerprint density at radius 2 is 1.85 bits per heavy atom. The van der Waals surface area contributed by atoms with Gasteiger partial charge in [0, 0.05) is 19.6 Å². The molecule has 2 aromatic carbocycles. The zero-order valence-electron chi connectivity index (χ0n) is 14.5. The number of nitriles is 1. The number of aliphatic hydroxyl groups excluding tert-OH is 1. The fourth-order valence-electron chi connectivity index (χ4n) is 2.98. The van der Waals surface area contributed by atoms with Crippen LogP contribution in [0, 0.1) is 11.3 Å². The number of nitrogens with zero attached hydrogens (tertiary/aromatic N) is 2. The number of phenols is 1. The van der Waals surface area contributed by atoms with Gasteiger partial charge in [-0.15, -0.1) is 0 Å². The molecule has 2 aromatic rings. The summed E-state index contributed by atoms with van der Waals surface area (Å²) in [5.41, 5.74) is 2.99. The van der Waals surface area contributed by atoms with E-state index in [9.17, 15) is 10.2 Å². The van der Waals surface area contributed by atoms with Crippen LogP contribution in [0.2, 0.25) is 0 Å². The van der Waals surface area contributed by atoms with Crippen molar-refractivity contribution < 1.29 is 14.9 Å². The zero-order chi connectivity index (χ0) is 18.4. The highest BCUT2D eigenvalue weighted by Gasteiger charge is 2.16. The van der Waals surface area contributed by atoms with E-state index in [4.69, 9.17) is 10.00 Å². The molecule has 2 N–H and O–H groups in total. The smallest absolute Gasteiger partial charge is 0.119 e. The van der Waals surface area contributed by atoms with Gasteiger partial charge in [-0.05, 0) is 54.0 Å². The summed E-state index contributed by atoms with van der Waals surface area (Å²) in [5.74, 6) is 0.924. The highest BCUT2D eigenvalue weighted by Crippen LogP contribution is 2.24. The molecule has 1 atom stereocenters. The predicted octanol–water partition coefficient (Wildman–Crippen LogP) is 2.79. The Hall–Kier alpha value is -2.81. The van der Waals surface area contributed by atoms with Gasteiger partial charge in [-0.25, -0.2) is 0 Å². The molecule has 3 rings (SSSR count). The van der Waals surface area contributed by atoms with E-state index in [0.29, 0.717) is 17.9 Å². The molecule has 0 saturated heterocycles. The van der Waals surface area contributed by atoms with Gasteiger partial charge in [-0.1, -0.05) is 18.2 Å². The summed E-state index contributed by atoms with van der Waals surface area (Å²) in [5, 5.41) is 28.4. The summed E-state index contributed by atoms with van der Waals surface area (Å²) in [4.78, 5) is 2.19. The predicted molar refractivity (Wildman–Crippen MR) is 99.8 cm³/mol. The number of benzene rings is 2. The molecule has 1 unspecified atom stereocenters. The van der Waals surface area contributed by atoms with E-state index >= 15 is 0 Å². The fourth-order valence-corrected chi connectivity index (χ4v) is 2.98. The maximum atomic E-state index is 10.2. The van der Waals surface area contributed by atoms with Crippen LogP contribution in [-0.4, -0.2) is 47.5 Å². The summed E-state index contributed by atoms with van der Waals surface area (Å²) in [6.45, 7) is 2.43. The molecule has 0 saturated carbocycles. The molecule has 1 aliphatic rings. The highest BCUT2D eigenvalue weighted by molar-refractivity contribution is 5.67. The van der Waals surface area contributed by atoms with Crippen molar-refractivity contribution in [2.24, 2.45) is 0 Å². The highest BCUT2D eigenvalue weighted by atomic mass is 16.5. The fraction of sp³-hybridized carbons (Fsp3) is 0.286. The van der Waals surface area contributed by atoms with Gasteiger partial charge >= 0.3 is 0 Å². The Morgan fingerprint density at radius 1 is 1.12 bits per heavy atom. The zero-order valence-corrected chi connectivity index (χ0v) is 14.5. The number of phenolic OH excluding ortho intramolecular Hbond substituents is 1. The quantitative estimate of drug-likeness (QED) is 0.838. The van der Waals surface area contributed by atoms with Gasteiger partial charge in [-0.2, -0.15) is 5.26 Å². The monoisotopic (exact) mass is 350 g/mol. The second-order valence-electron chi connectivity index (χ2n) is 6.39. The molecule has 0 spiro atoms. The van der Waals surface area contributed by atoms with Gasteiger partial charge in [-0.3, -0.25) is 4.90 Å². The van der Waals surface area contributed by atoms with Crippen LogP contribution < -0.4 is 4.74 Å². The molecule has 0 aliphatic carbocycles. The van der Waals surface area contributed by atoms with Crippen molar-refractivity contribution in [2.45, 2.75) is 12.5 Å². The molecule has 26 heavy (non-hydrogen) atoms. The Balaban J connectivity index is 1.46. The van der Waals surface area contributed by atoms with E-state index in [1.54, 1.807) is 36.4 Å². The van der Waals surface area contributed by atoms with Gasteiger partial charge in [0.2, 0.25) is 0 Å². The van der Waals surface area contributed by atoms with Gasteiger partial charge in [0.25, 0.3) is 0 Å². The van der Waals surface area contributed by atoms with E-state index < -0.39 is 6.10 Å². The summed E-state index contributed by atoms with van der Waals surface area (Å²) in [6.07, 6.45) is 2.51. The Morgan fingerprint density at radius 3 is 2.46 bits per heavy atom. The standard InChI is InChI=1S/C21H22N2O3/c22-13-16-1-7-21(8-2-16)26-15-20(25)14-23-11-9-18(10-12-23)17-3-5-19(24)6-4-17/h1-9,20,24-25H,10-12,14-15H2. The SMILES string of the molecule is N#Cc1ccc(OCC(O)CN2CC=C(c3ccc(O)cc3)CC2)cc1. The molecule has 0 bridgehead atoms. The molecular weight excluding hydrogens is 328 g/mol. The van der Waals surface area contributed by atoms with E-state index in [1.165, 1.54) is 5.57 Å². The first-order valence-corrected chi connectivity index (χ1v) is 8.66. The molecular formula is C21H22N2O3. The topological polar surface area (TPSA) is 76.7 Å². The molecule has 5 nitrogen and oxygen atoms in total. The van der Waals surface area contributed by atoms with Crippen molar-refractivity contribution in [1.82, 2.24) is 4.90 Å². The lowest BCUT2D eigenvalue weighted by atomic mass is 9.99. The first kappa shape index (κ1) is 18.0. The van der Waals surface area contributed by atoms with Crippen LogP contribution >= 0.6 is 0 Å². The van der Waals surface area contributed by atoms with Gasteiger partial charge in [0.05, 0.1) is 11.6 Å². The largest absolute Gasteiger partial charge is 0.508 e. The van der Waals surface area contributed by atoms with E-state index in [-0.39, 0.29) is 12.4 Å². The first-order valence-electron chi connectivity index (χ1n) is 8.66. The normalized spacial score (nSPS) is 15.8. The van der Waals surface area contributed by atoms with Crippen LogP contribution in [0.25, 0.3) is 5.57 Å². The van der Waals surface area contributed by atoms with Crippen LogP contribution in [0.4, 0.5) is 0 Å². The minimum atomic E-state index is -0.575. The number of aliphatic hydroxyl groups is 1. The lowest BCUT2D eigenvalue weighted by Gasteiger charge is -2.28. The number of hydrogen-bond donors (Lipinski definition) is 2. The number of aromatic hydroxyl groups is 1. The van der Waals surface area contributed by atoms with Crippen molar-refractivity contribution in [3.05, 3.63) is 65.7 Å². The minimum Gasteiger partial charge on any atom is -0.508 e. The number of β-amino-alcohol motifs (C(OH)–C–C–N with tert-alkyl or cyclic N) is 1. The van der Waals surface area contributed by atoms with Crippen LogP contribution in [0.15, 0.2) is 54.6 Å². The Bertz CT molecular complexity index is 792. The molecule has 5 heteroatoms. The Labute approximate surface area is 153 Å². The summed E-state index contributed by atoms with van der Waals surface area (Å²) in [7, 11) is 0. The van der Waals surface area contributed by atoms with Gasteiger partial charge in [0.1, 0.15) is 24.2 Å². The molecule has 0 fully saturated rings. The van der Waals surface area contributed by atoms with Crippen molar-refractivity contribution >= 4 is 5.57 Å². The van der Waals surface area contributed by atoms with Crippen molar-refractivity contribution in [1.29, 1.82) is 5.26 Å². The average Bonchev–Trinajstić information content (AvgIpc) is 2.68. The third kappa shape index (κ3) is 4.85. The van der Waals surface area contributed by atoms with E-state index in [2.05, 4.69) is 17.0 Å². The second-order valence-corrected chi connectivity index (χ2v) is 6.39. The van der Waals surface area contributed by atoms with E-state index in [1.807, 2.05) is 12.1 Å². The third-order valence-electron chi connectivity index (χ3n) is 4.43. The van der Waals surface area contributed by atoms with Crippen molar-refractivity contribution in [3.63, 3.8) is 0 Å². The van der Waals surface area contributed by atoms with Crippen LogP contribution in [0.3, 0.4) is 0 Å². The maximum Gasteiger partial charge on any atom is 0.119 e. The molecule has 1 aliphatic heterocycles. The van der Waals surface area contributed by atoms with Crippen molar-refractivity contribution in [2.75, 3.05) is 26.2 Å². The van der Waals surface area contributed by atoms with Crippen LogP contribution in [-0.2, 0) is 0 Å². The number of ether oxygens (including phenoxy) is 1. The number of hydrogen-bond acceptors (Lipinski definition) is 5. The van der Waals surface area contributed by atoms with Crippen LogP contribution in [0.5, 0.6) is 11.5 Å². The van der Waals surface area contributed by atoms with Crippen molar-refractivity contribution in [3.8, 4) is 17.6 Å². The lowest BCUT2D eigenvalue weighted by Crippen LogP contribution is -2.38. The Kier molecular flexibility index (Phi) is 5.90. The molecule has 0 aromatic heterocycles. The van der Waals surface area contributed by atoms with Gasteiger partial charge in [0.15, 0.2) is 0 Å². The summed E-state index contributed by atoms with van der Waals surface area (Å²) < 4.78 is 5.59. The summed E-state index contributed by atoms with van der Waals surface area (Å²) in [6, 6.07) is 16.2. The molecule has 1 heterocycles. The van der Waals surface area contributed by atoms with Gasteiger partial charge < -0.3 is 14.9 Å². The maximum absolute atomic E-state index is 10.2. The average molecular weight is 350 g/mol. The third-order valence-corrected chi connectivity index (χ3v) is 4.43. The number of rotatable bonds is 6.